The van der Waals surface area contributed by atoms with Gasteiger partial charge in [-0.15, -0.1) is 0 Å². The van der Waals surface area contributed by atoms with Crippen LogP contribution in [-0.4, -0.2) is 50.6 Å². The van der Waals surface area contributed by atoms with Gasteiger partial charge in [0.2, 0.25) is 15.9 Å². The van der Waals surface area contributed by atoms with Gasteiger partial charge in [-0.25, -0.2) is 13.8 Å². The fraction of sp³-hybridized carbons (Fsp3) is 0.619. The molecule has 160 valence electrons. The summed E-state index contributed by atoms with van der Waals surface area (Å²) in [5.74, 6) is -0.107. The minimum atomic E-state index is -3.48. The molecule has 1 heterocycles. The first-order chi connectivity index (χ1) is 14.1. The van der Waals surface area contributed by atoms with Gasteiger partial charge in [-0.3, -0.25) is 4.79 Å². The zero-order valence-electron chi connectivity index (χ0n) is 16.9. The van der Waals surface area contributed by atoms with Gasteiger partial charge in [-0.2, -0.15) is 9.41 Å². The van der Waals surface area contributed by atoms with Gasteiger partial charge >= 0.3 is 0 Å². The molecule has 29 heavy (non-hydrogen) atoms. The Morgan fingerprint density at radius 2 is 1.62 bits per heavy atom. The summed E-state index contributed by atoms with van der Waals surface area (Å²) in [5, 5.41) is 4.32. The topological polar surface area (TPSA) is 88.1 Å². The third kappa shape index (κ3) is 6.62. The predicted octanol–water partition coefficient (Wildman–Crippen LogP) is 2.86. The summed E-state index contributed by atoms with van der Waals surface area (Å²) in [6.07, 6.45) is 8.89. The summed E-state index contributed by atoms with van der Waals surface area (Å²) in [6, 6.07) is 6.79. The average molecular weight is 422 g/mol. The minimum absolute atomic E-state index is 0.107. The Hall–Kier alpha value is -1.77. The first-order valence-electron chi connectivity index (χ1n) is 10.6. The van der Waals surface area contributed by atoms with Crippen molar-refractivity contribution >= 4 is 21.6 Å². The van der Waals surface area contributed by atoms with E-state index in [0.29, 0.717) is 39.1 Å². The summed E-state index contributed by atoms with van der Waals surface area (Å²) in [7, 11) is -3.48. The number of carbonyl (C=O) groups excluding carboxylic acids is 1. The molecule has 1 N–H and O–H groups in total. The number of hydrogen-bond donors (Lipinski definition) is 1. The molecule has 0 aromatic heterocycles. The van der Waals surface area contributed by atoms with Gasteiger partial charge in [-0.05, 0) is 49.8 Å². The first-order valence-corrected chi connectivity index (χ1v) is 12.0. The highest BCUT2D eigenvalue weighted by Crippen LogP contribution is 2.18. The summed E-state index contributed by atoms with van der Waals surface area (Å²) in [5.41, 5.74) is 4.71. The monoisotopic (exact) mass is 421 g/mol. The van der Waals surface area contributed by atoms with E-state index in [4.69, 9.17) is 4.74 Å². The molecule has 0 radical (unpaired) electrons. The zero-order valence-corrected chi connectivity index (χ0v) is 17.8. The Kier molecular flexibility index (Phi) is 8.20. The van der Waals surface area contributed by atoms with Crippen LogP contribution < -0.4 is 5.43 Å². The fourth-order valence-electron chi connectivity index (χ4n) is 3.64. The lowest BCUT2D eigenvalue weighted by atomic mass is 9.99. The largest absolute Gasteiger partial charge is 0.379 e. The van der Waals surface area contributed by atoms with Crippen LogP contribution in [0.4, 0.5) is 0 Å². The Bertz CT molecular complexity index is 790. The SMILES string of the molecule is O=C(CCc1ccc(S(=O)(=O)N2CCOCC2)cc1)NN=C1CCCCCCC1. The molecule has 8 heteroatoms. The molecule has 2 aliphatic rings. The molecule has 7 nitrogen and oxygen atoms in total. The molecular weight excluding hydrogens is 390 g/mol. The number of hydrazone groups is 1. The Labute approximate surface area is 173 Å². The number of amides is 1. The van der Waals surface area contributed by atoms with Gasteiger partial charge in [-0.1, -0.05) is 31.4 Å². The van der Waals surface area contributed by atoms with E-state index in [1.807, 2.05) is 0 Å². The molecule has 1 aromatic rings. The van der Waals surface area contributed by atoms with Crippen molar-refractivity contribution in [3.8, 4) is 0 Å². The second kappa shape index (κ2) is 10.8. The van der Waals surface area contributed by atoms with E-state index < -0.39 is 10.0 Å². The van der Waals surface area contributed by atoms with Crippen LogP contribution in [0.2, 0.25) is 0 Å². The minimum Gasteiger partial charge on any atom is -0.379 e. The number of nitrogens with one attached hydrogen (secondary N) is 1. The molecule has 1 amide bonds. The van der Waals surface area contributed by atoms with Gasteiger partial charge in [0.25, 0.3) is 0 Å². The van der Waals surface area contributed by atoms with Gasteiger partial charge in [0, 0.05) is 25.2 Å². The van der Waals surface area contributed by atoms with Crippen molar-refractivity contribution in [1.82, 2.24) is 9.73 Å². The molecule has 1 aliphatic heterocycles. The highest BCUT2D eigenvalue weighted by molar-refractivity contribution is 7.89. The van der Waals surface area contributed by atoms with Crippen molar-refractivity contribution in [2.75, 3.05) is 26.3 Å². The lowest BCUT2D eigenvalue weighted by Gasteiger charge is -2.26. The van der Waals surface area contributed by atoms with Crippen LogP contribution in [0, 0.1) is 0 Å². The second-order valence-corrected chi connectivity index (χ2v) is 9.58. The third-order valence-corrected chi connectivity index (χ3v) is 7.35. The number of morpholine rings is 1. The van der Waals surface area contributed by atoms with E-state index in [1.165, 1.54) is 23.6 Å². The highest BCUT2D eigenvalue weighted by atomic mass is 32.2. The van der Waals surface area contributed by atoms with Crippen LogP contribution in [0.1, 0.15) is 56.9 Å². The maximum absolute atomic E-state index is 12.6. The summed E-state index contributed by atoms with van der Waals surface area (Å²) < 4.78 is 31.9. The normalized spacial score (nSPS) is 19.2. The molecule has 1 saturated carbocycles. The van der Waals surface area contributed by atoms with Crippen LogP contribution >= 0.6 is 0 Å². The van der Waals surface area contributed by atoms with Gasteiger partial charge in [0.15, 0.2) is 0 Å². The van der Waals surface area contributed by atoms with Crippen LogP contribution in [0.3, 0.4) is 0 Å². The van der Waals surface area contributed by atoms with Crippen LogP contribution in [-0.2, 0) is 26.0 Å². The number of hydrogen-bond acceptors (Lipinski definition) is 5. The molecule has 1 saturated heterocycles. The standard InChI is InChI=1S/C21H31N3O4S/c25-21(23-22-19-6-4-2-1-3-5-7-19)13-10-18-8-11-20(12-9-18)29(26,27)24-14-16-28-17-15-24/h8-9,11-12H,1-7,10,13-17H2,(H,23,25). The van der Waals surface area contributed by atoms with Crippen molar-refractivity contribution in [2.24, 2.45) is 5.10 Å². The van der Waals surface area contributed by atoms with Crippen LogP contribution in [0.5, 0.6) is 0 Å². The second-order valence-electron chi connectivity index (χ2n) is 7.64. The van der Waals surface area contributed by atoms with Gasteiger partial charge in [0.05, 0.1) is 18.1 Å². The fourth-order valence-corrected chi connectivity index (χ4v) is 5.05. The smallest absolute Gasteiger partial charge is 0.243 e. The van der Waals surface area contributed by atoms with Crippen molar-refractivity contribution < 1.29 is 17.9 Å². The first kappa shape index (κ1) is 21.9. The molecule has 0 spiro atoms. The van der Waals surface area contributed by atoms with E-state index in [1.54, 1.807) is 24.3 Å². The average Bonchev–Trinajstić information content (AvgIpc) is 2.72. The van der Waals surface area contributed by atoms with E-state index in [-0.39, 0.29) is 10.8 Å². The summed E-state index contributed by atoms with van der Waals surface area (Å²) in [4.78, 5) is 12.4. The Morgan fingerprint density at radius 1 is 1.00 bits per heavy atom. The van der Waals surface area contributed by atoms with Gasteiger partial charge < -0.3 is 4.74 Å². The Balaban J connectivity index is 1.48. The maximum Gasteiger partial charge on any atom is 0.243 e. The van der Waals surface area contributed by atoms with E-state index in [0.717, 1.165) is 37.0 Å². The Morgan fingerprint density at radius 3 is 2.28 bits per heavy atom. The lowest BCUT2D eigenvalue weighted by Crippen LogP contribution is -2.40. The summed E-state index contributed by atoms with van der Waals surface area (Å²) >= 11 is 0. The molecule has 0 unspecified atom stereocenters. The highest BCUT2D eigenvalue weighted by Gasteiger charge is 2.26. The van der Waals surface area contributed by atoms with E-state index in [9.17, 15) is 13.2 Å². The molecular formula is C21H31N3O4S. The van der Waals surface area contributed by atoms with Crippen molar-refractivity contribution in [2.45, 2.75) is 62.7 Å². The summed E-state index contributed by atoms with van der Waals surface area (Å²) in [6.45, 7) is 1.62. The molecule has 2 fully saturated rings. The molecule has 0 atom stereocenters. The third-order valence-electron chi connectivity index (χ3n) is 5.44. The molecule has 1 aliphatic carbocycles. The predicted molar refractivity (Wildman–Crippen MR) is 112 cm³/mol. The number of carbonyl (C=O) groups is 1. The quantitative estimate of drug-likeness (QED) is 0.716. The molecule has 3 rings (SSSR count). The van der Waals surface area contributed by atoms with Crippen molar-refractivity contribution in [3.63, 3.8) is 0 Å². The van der Waals surface area contributed by atoms with E-state index >= 15 is 0 Å². The number of rotatable bonds is 6. The molecule has 0 bridgehead atoms. The number of ether oxygens (including phenoxy) is 1. The number of sulfonamides is 1. The lowest BCUT2D eigenvalue weighted by molar-refractivity contribution is -0.121. The van der Waals surface area contributed by atoms with E-state index in [2.05, 4.69) is 10.5 Å². The molecule has 1 aromatic carbocycles. The van der Waals surface area contributed by atoms with Crippen LogP contribution in [0.15, 0.2) is 34.3 Å². The number of nitrogens with zero attached hydrogens (tertiary/aromatic N) is 2. The van der Waals surface area contributed by atoms with Crippen LogP contribution in [0.25, 0.3) is 0 Å². The van der Waals surface area contributed by atoms with Crippen molar-refractivity contribution in [3.05, 3.63) is 29.8 Å². The number of benzene rings is 1. The number of aryl methyl sites for hydroxylation is 1. The van der Waals surface area contributed by atoms with Crippen molar-refractivity contribution in [1.29, 1.82) is 0 Å². The van der Waals surface area contributed by atoms with Gasteiger partial charge in [0.1, 0.15) is 0 Å². The zero-order chi connectivity index (χ0) is 20.5. The maximum atomic E-state index is 12.6.